The van der Waals surface area contributed by atoms with Crippen LogP contribution < -0.4 is 10.4 Å². The molecule has 0 N–H and O–H groups in total. The van der Waals surface area contributed by atoms with Crippen LogP contribution in [0.4, 0.5) is 0 Å². The molecule has 0 radical (unpaired) electrons. The maximum Gasteiger partial charge on any atom is 0.0434 e. The summed E-state index contributed by atoms with van der Waals surface area (Å²) in [6.07, 6.45) is 18.1. The Morgan fingerprint density at radius 1 is 0.419 bits per heavy atom. The fourth-order valence-electron chi connectivity index (χ4n) is 7.25. The van der Waals surface area contributed by atoms with Crippen LogP contribution in [0, 0.1) is 11.8 Å². The molecular formula is C42H28S. The molecule has 6 aromatic rings. The highest BCUT2D eigenvalue weighted by molar-refractivity contribution is 7.26. The minimum absolute atomic E-state index is 0.390. The molecule has 0 fully saturated rings. The average Bonchev–Trinajstić information content (AvgIpc) is 3.48. The summed E-state index contributed by atoms with van der Waals surface area (Å²) < 4.78 is 2.70. The number of thiophene rings is 1. The summed E-state index contributed by atoms with van der Waals surface area (Å²) in [6, 6.07) is 40.4. The maximum absolute atomic E-state index is 2.42. The average molecular weight is 565 g/mol. The number of rotatable bonds is 3. The number of hydrogen-bond acceptors (Lipinski definition) is 1. The molecule has 0 amide bonds. The Kier molecular flexibility index (Phi) is 5.61. The molecule has 0 nitrogen and oxygen atoms in total. The molecule has 5 aromatic carbocycles. The van der Waals surface area contributed by atoms with Crippen molar-refractivity contribution in [2.45, 2.75) is 0 Å². The van der Waals surface area contributed by atoms with Crippen LogP contribution in [-0.2, 0) is 0 Å². The Balaban J connectivity index is 1.20. The summed E-state index contributed by atoms with van der Waals surface area (Å²) in [5.41, 5.74) is 10.5. The van der Waals surface area contributed by atoms with Gasteiger partial charge in [-0.05, 0) is 67.1 Å². The van der Waals surface area contributed by atoms with Crippen molar-refractivity contribution in [1.29, 1.82) is 0 Å². The van der Waals surface area contributed by atoms with E-state index < -0.39 is 0 Å². The molecule has 202 valence electrons. The van der Waals surface area contributed by atoms with E-state index in [0.717, 1.165) is 0 Å². The van der Waals surface area contributed by atoms with Gasteiger partial charge >= 0.3 is 0 Å². The van der Waals surface area contributed by atoms with Gasteiger partial charge in [0.2, 0.25) is 0 Å². The zero-order valence-corrected chi connectivity index (χ0v) is 24.4. The summed E-state index contributed by atoms with van der Waals surface area (Å²) in [6.45, 7) is 0. The molecule has 0 spiro atoms. The monoisotopic (exact) mass is 564 g/mol. The molecule has 0 saturated heterocycles. The van der Waals surface area contributed by atoms with Gasteiger partial charge in [0, 0.05) is 32.0 Å². The van der Waals surface area contributed by atoms with E-state index >= 15 is 0 Å². The van der Waals surface area contributed by atoms with E-state index in [0.29, 0.717) is 11.8 Å². The highest BCUT2D eigenvalue weighted by atomic mass is 32.1. The van der Waals surface area contributed by atoms with E-state index in [2.05, 4.69) is 158 Å². The Labute approximate surface area is 255 Å². The van der Waals surface area contributed by atoms with E-state index in [1.807, 2.05) is 11.3 Å². The second-order valence-electron chi connectivity index (χ2n) is 11.6. The van der Waals surface area contributed by atoms with Crippen LogP contribution in [0.2, 0.25) is 0 Å². The van der Waals surface area contributed by atoms with Crippen molar-refractivity contribution in [1.82, 2.24) is 0 Å². The molecule has 2 unspecified atom stereocenters. The first-order chi connectivity index (χ1) is 21.3. The van der Waals surface area contributed by atoms with Crippen molar-refractivity contribution in [3.05, 3.63) is 168 Å². The van der Waals surface area contributed by atoms with Gasteiger partial charge in [0.25, 0.3) is 0 Å². The standard InChI is InChI=1S/C42H28S/c1-2-11-27(12-3-1)31-19-9-21-38-39-22-10-20-32(42(39)43-41(31)38)30-14-8-13-28(25-30)29-23-24-37-35-17-5-4-15-33(35)34-16-6-7-18-36(34)40(37)26-29/h1-26,33-34H. The third-order valence-electron chi connectivity index (χ3n) is 9.27. The Morgan fingerprint density at radius 2 is 1.00 bits per heavy atom. The van der Waals surface area contributed by atoms with Gasteiger partial charge in [0.05, 0.1) is 0 Å². The van der Waals surface area contributed by atoms with Gasteiger partial charge in [-0.25, -0.2) is 0 Å². The van der Waals surface area contributed by atoms with Crippen LogP contribution in [0.15, 0.2) is 158 Å². The Bertz CT molecular complexity index is 2340. The van der Waals surface area contributed by atoms with Crippen molar-refractivity contribution in [2.24, 2.45) is 11.8 Å². The first-order valence-electron chi connectivity index (χ1n) is 15.0. The van der Waals surface area contributed by atoms with Crippen molar-refractivity contribution in [2.75, 3.05) is 0 Å². The van der Waals surface area contributed by atoms with Crippen molar-refractivity contribution in [3.63, 3.8) is 0 Å². The summed E-state index contributed by atoms with van der Waals surface area (Å²) >= 11 is 1.92. The third kappa shape index (κ3) is 3.89. The summed E-state index contributed by atoms with van der Waals surface area (Å²) in [4.78, 5) is 0. The molecule has 43 heavy (non-hydrogen) atoms. The number of hydrogen-bond donors (Lipinski definition) is 0. The molecule has 1 heterocycles. The van der Waals surface area contributed by atoms with Gasteiger partial charge in [-0.1, -0.05) is 146 Å². The lowest BCUT2D eigenvalue weighted by Gasteiger charge is -2.31. The predicted octanol–water partition coefficient (Wildman–Crippen LogP) is 9.85. The van der Waals surface area contributed by atoms with Gasteiger partial charge in [-0.15, -0.1) is 11.3 Å². The van der Waals surface area contributed by atoms with Crippen LogP contribution in [0.1, 0.15) is 0 Å². The summed E-state index contributed by atoms with van der Waals surface area (Å²) in [5.74, 6) is 0.800. The van der Waals surface area contributed by atoms with Crippen LogP contribution >= 0.6 is 11.3 Å². The quantitative estimate of drug-likeness (QED) is 0.201. The minimum Gasteiger partial charge on any atom is -0.134 e. The zero-order valence-electron chi connectivity index (χ0n) is 23.6. The van der Waals surface area contributed by atoms with Crippen molar-refractivity contribution in [3.8, 4) is 33.4 Å². The van der Waals surface area contributed by atoms with E-state index in [4.69, 9.17) is 0 Å². The molecule has 9 rings (SSSR count). The normalized spacial score (nSPS) is 18.2. The fraction of sp³-hybridized carbons (Fsp3) is 0.0476. The van der Waals surface area contributed by atoms with Gasteiger partial charge in [0.1, 0.15) is 0 Å². The second kappa shape index (κ2) is 9.80. The fourth-order valence-corrected chi connectivity index (χ4v) is 8.63. The number of benzene rings is 5. The number of fused-ring (bicyclic) bond motifs is 7. The molecular weight excluding hydrogens is 537 g/mol. The van der Waals surface area contributed by atoms with E-state index in [-0.39, 0.29) is 0 Å². The minimum atomic E-state index is 0.390. The molecule has 3 aliphatic carbocycles. The molecule has 1 heteroatoms. The first kappa shape index (κ1) is 24.6. The van der Waals surface area contributed by atoms with Gasteiger partial charge in [-0.2, -0.15) is 0 Å². The molecule has 0 saturated carbocycles. The predicted molar refractivity (Wildman–Crippen MR) is 185 cm³/mol. The van der Waals surface area contributed by atoms with Gasteiger partial charge in [0.15, 0.2) is 0 Å². The lowest BCUT2D eigenvalue weighted by Crippen LogP contribution is -2.39. The van der Waals surface area contributed by atoms with Crippen LogP contribution in [0.3, 0.4) is 0 Å². The van der Waals surface area contributed by atoms with Crippen molar-refractivity contribution >= 4 is 42.7 Å². The topological polar surface area (TPSA) is 0 Å². The molecule has 2 atom stereocenters. The second-order valence-corrected chi connectivity index (χ2v) is 12.6. The zero-order chi connectivity index (χ0) is 28.3. The molecule has 3 aliphatic rings. The van der Waals surface area contributed by atoms with Gasteiger partial charge < -0.3 is 0 Å². The number of allylic oxidation sites excluding steroid dienone is 8. The Hall–Kier alpha value is -4.98. The van der Waals surface area contributed by atoms with E-state index in [1.165, 1.54) is 75.1 Å². The lowest BCUT2D eigenvalue weighted by molar-refractivity contribution is 0.694. The Morgan fingerprint density at radius 3 is 1.72 bits per heavy atom. The highest BCUT2D eigenvalue weighted by Gasteiger charge is 2.28. The van der Waals surface area contributed by atoms with E-state index in [1.54, 1.807) is 0 Å². The third-order valence-corrected chi connectivity index (χ3v) is 10.6. The maximum atomic E-state index is 2.42. The van der Waals surface area contributed by atoms with Crippen LogP contribution in [0.5, 0.6) is 0 Å². The van der Waals surface area contributed by atoms with Crippen molar-refractivity contribution < 1.29 is 0 Å². The molecule has 0 aliphatic heterocycles. The largest absolute Gasteiger partial charge is 0.134 e. The smallest absolute Gasteiger partial charge is 0.0434 e. The van der Waals surface area contributed by atoms with Gasteiger partial charge in [-0.3, -0.25) is 0 Å². The molecule has 1 aromatic heterocycles. The molecule has 0 bridgehead atoms. The van der Waals surface area contributed by atoms with Crippen LogP contribution in [0.25, 0.3) is 64.7 Å². The van der Waals surface area contributed by atoms with E-state index in [9.17, 15) is 0 Å². The highest BCUT2D eigenvalue weighted by Crippen LogP contribution is 2.44. The summed E-state index contributed by atoms with van der Waals surface area (Å²) in [7, 11) is 0. The SMILES string of the molecule is C1=CC2=c3ccc(-c4cccc(-c5cccc6c5sc5c(-c7ccccc7)cccc56)c4)cc3=C3C=CC=CC3C2C=C1. The lowest BCUT2D eigenvalue weighted by atomic mass is 9.72. The van der Waals surface area contributed by atoms with Crippen LogP contribution in [-0.4, -0.2) is 0 Å². The summed E-state index contributed by atoms with van der Waals surface area (Å²) in [5, 5.41) is 5.38. The first-order valence-corrected chi connectivity index (χ1v) is 15.8.